The molecule has 0 radical (unpaired) electrons. The van der Waals surface area contributed by atoms with Gasteiger partial charge in [0.2, 0.25) is 0 Å². The molecule has 0 aliphatic carbocycles. The van der Waals surface area contributed by atoms with Crippen LogP contribution in [0, 0.1) is 0 Å². The predicted octanol–water partition coefficient (Wildman–Crippen LogP) is 2.05. The van der Waals surface area contributed by atoms with E-state index in [4.69, 9.17) is 4.74 Å². The summed E-state index contributed by atoms with van der Waals surface area (Å²) in [6.45, 7) is 0. The molecule has 0 fully saturated rings. The van der Waals surface area contributed by atoms with Gasteiger partial charge in [-0.1, -0.05) is 37.8 Å². The van der Waals surface area contributed by atoms with Crippen LogP contribution in [0.1, 0.15) is 13.0 Å². The molecule has 0 aromatic heterocycles. The normalized spacial score (nSPS) is 11.3. The molecule has 0 amide bonds. The number of ether oxygens (including phenoxy) is 2. The molecule has 3 nitrogen and oxygen atoms in total. The van der Waals surface area contributed by atoms with Gasteiger partial charge in [-0.25, -0.2) is 4.79 Å². The number of rotatable bonds is 4. The fraction of sp³-hybridized carbons (Fsp3) is 0.417. The van der Waals surface area contributed by atoms with Gasteiger partial charge in [0.1, 0.15) is 0 Å². The van der Waals surface area contributed by atoms with Crippen molar-refractivity contribution in [2.75, 3.05) is 14.2 Å². The van der Waals surface area contributed by atoms with Gasteiger partial charge in [-0.2, -0.15) is 0 Å². The van der Waals surface area contributed by atoms with E-state index in [1.54, 1.807) is 0 Å². The molecule has 0 aliphatic rings. The van der Waals surface area contributed by atoms with Gasteiger partial charge < -0.3 is 9.47 Å². The molecule has 3 heteroatoms. The fourth-order valence-electron chi connectivity index (χ4n) is 1.22. The second kappa shape index (κ2) is 7.01. The zero-order chi connectivity index (χ0) is 10.4. The standard InChI is InChI=1S/C11H14O3.CH4/c1-13-10(11(12)14-2)8-9-6-4-3-5-7-9;/h3-7,10H,8H2,1-2H3;1H4. The fourth-order valence-corrected chi connectivity index (χ4v) is 1.22. The molecule has 84 valence electrons. The largest absolute Gasteiger partial charge is 0.467 e. The second-order valence-electron chi connectivity index (χ2n) is 2.94. The monoisotopic (exact) mass is 210 g/mol. The van der Waals surface area contributed by atoms with Crippen LogP contribution in [0.4, 0.5) is 0 Å². The lowest BCUT2D eigenvalue weighted by Crippen LogP contribution is -2.26. The first-order valence-electron chi connectivity index (χ1n) is 4.42. The number of hydrogen-bond donors (Lipinski definition) is 0. The molecule has 15 heavy (non-hydrogen) atoms. The summed E-state index contributed by atoms with van der Waals surface area (Å²) in [5.74, 6) is -0.337. The minimum atomic E-state index is -0.512. The minimum Gasteiger partial charge on any atom is -0.467 e. The van der Waals surface area contributed by atoms with Crippen LogP contribution in [-0.4, -0.2) is 26.3 Å². The van der Waals surface area contributed by atoms with E-state index in [9.17, 15) is 4.79 Å². The maximum absolute atomic E-state index is 11.2. The molecule has 0 bridgehead atoms. The molecule has 1 aromatic rings. The molecule has 0 saturated carbocycles. The van der Waals surface area contributed by atoms with E-state index in [2.05, 4.69) is 4.74 Å². The molecule has 0 spiro atoms. The Kier molecular flexibility index (Phi) is 6.38. The van der Waals surface area contributed by atoms with Gasteiger partial charge in [-0.3, -0.25) is 0 Å². The Labute approximate surface area is 91.0 Å². The molecular formula is C12H18O3. The lowest BCUT2D eigenvalue weighted by molar-refractivity contribution is -0.152. The third-order valence-electron chi connectivity index (χ3n) is 2.01. The van der Waals surface area contributed by atoms with Crippen LogP contribution in [0.3, 0.4) is 0 Å². The van der Waals surface area contributed by atoms with Crippen LogP contribution < -0.4 is 0 Å². The lowest BCUT2D eigenvalue weighted by Gasteiger charge is -2.12. The quantitative estimate of drug-likeness (QED) is 0.713. The van der Waals surface area contributed by atoms with Crippen LogP contribution in [0.25, 0.3) is 0 Å². The molecule has 1 rings (SSSR count). The first kappa shape index (κ1) is 13.7. The maximum atomic E-state index is 11.2. The number of hydrogen-bond acceptors (Lipinski definition) is 3. The van der Waals surface area contributed by atoms with Crippen LogP contribution in [0.2, 0.25) is 0 Å². The van der Waals surface area contributed by atoms with Gasteiger partial charge in [0.25, 0.3) is 0 Å². The highest BCUT2D eigenvalue weighted by atomic mass is 16.6. The van der Waals surface area contributed by atoms with Crippen LogP contribution in [0.5, 0.6) is 0 Å². The molecule has 0 saturated heterocycles. The van der Waals surface area contributed by atoms with Crippen molar-refractivity contribution in [1.82, 2.24) is 0 Å². The SMILES string of the molecule is C.COC(=O)C(Cc1ccccc1)OC. The first-order chi connectivity index (χ1) is 6.77. The van der Waals surface area contributed by atoms with E-state index in [-0.39, 0.29) is 13.4 Å². The maximum Gasteiger partial charge on any atom is 0.335 e. The van der Waals surface area contributed by atoms with E-state index in [0.717, 1.165) is 5.56 Å². The number of carbonyl (C=O) groups excluding carboxylic acids is 1. The Hall–Kier alpha value is -1.35. The zero-order valence-electron chi connectivity index (χ0n) is 8.40. The topological polar surface area (TPSA) is 35.5 Å². The van der Waals surface area contributed by atoms with Crippen molar-refractivity contribution < 1.29 is 14.3 Å². The van der Waals surface area contributed by atoms with Crippen LogP contribution in [-0.2, 0) is 20.7 Å². The van der Waals surface area contributed by atoms with Gasteiger partial charge >= 0.3 is 5.97 Å². The lowest BCUT2D eigenvalue weighted by atomic mass is 10.1. The summed E-state index contributed by atoms with van der Waals surface area (Å²) in [5.41, 5.74) is 1.06. The minimum absolute atomic E-state index is 0. The average molecular weight is 210 g/mol. The smallest absolute Gasteiger partial charge is 0.335 e. The Morgan fingerprint density at radius 3 is 2.33 bits per heavy atom. The summed E-state index contributed by atoms with van der Waals surface area (Å²) in [6.07, 6.45) is 0.0340. The summed E-state index contributed by atoms with van der Waals surface area (Å²) < 4.78 is 9.64. The van der Waals surface area contributed by atoms with Crippen molar-refractivity contribution >= 4 is 5.97 Å². The van der Waals surface area contributed by atoms with Gasteiger partial charge in [-0.05, 0) is 5.56 Å². The highest BCUT2D eigenvalue weighted by molar-refractivity contribution is 5.74. The number of carbonyl (C=O) groups is 1. The summed E-state index contributed by atoms with van der Waals surface area (Å²) in [5, 5.41) is 0. The van der Waals surface area contributed by atoms with Gasteiger partial charge in [0, 0.05) is 13.5 Å². The van der Waals surface area contributed by atoms with Crippen molar-refractivity contribution in [2.45, 2.75) is 20.0 Å². The van der Waals surface area contributed by atoms with Crippen molar-refractivity contribution in [3.63, 3.8) is 0 Å². The van der Waals surface area contributed by atoms with Crippen molar-refractivity contribution in [3.05, 3.63) is 35.9 Å². The van der Waals surface area contributed by atoms with Crippen molar-refractivity contribution in [2.24, 2.45) is 0 Å². The molecule has 0 heterocycles. The Morgan fingerprint density at radius 1 is 1.27 bits per heavy atom. The third-order valence-corrected chi connectivity index (χ3v) is 2.01. The number of benzene rings is 1. The molecule has 1 unspecified atom stereocenters. The Balaban J connectivity index is 0.00000196. The average Bonchev–Trinajstić information content (AvgIpc) is 2.26. The molecule has 0 N–H and O–H groups in total. The van der Waals surface area contributed by atoms with Crippen molar-refractivity contribution in [3.8, 4) is 0 Å². The first-order valence-corrected chi connectivity index (χ1v) is 4.42. The molecular weight excluding hydrogens is 192 g/mol. The summed E-state index contributed by atoms with van der Waals surface area (Å²) in [4.78, 5) is 11.2. The zero-order valence-corrected chi connectivity index (χ0v) is 8.40. The molecule has 1 aromatic carbocycles. The van der Waals surface area contributed by atoms with Gasteiger partial charge in [0.05, 0.1) is 7.11 Å². The summed E-state index contributed by atoms with van der Waals surface area (Å²) in [7, 11) is 2.86. The molecule has 1 atom stereocenters. The van der Waals surface area contributed by atoms with Crippen LogP contribution in [0.15, 0.2) is 30.3 Å². The van der Waals surface area contributed by atoms with E-state index in [0.29, 0.717) is 6.42 Å². The molecule has 0 aliphatic heterocycles. The predicted molar refractivity (Wildman–Crippen MR) is 59.7 cm³/mol. The second-order valence-corrected chi connectivity index (χ2v) is 2.94. The summed E-state index contributed by atoms with van der Waals surface area (Å²) >= 11 is 0. The van der Waals surface area contributed by atoms with E-state index < -0.39 is 6.10 Å². The van der Waals surface area contributed by atoms with Crippen molar-refractivity contribution in [1.29, 1.82) is 0 Å². The van der Waals surface area contributed by atoms with Crippen LogP contribution >= 0.6 is 0 Å². The highest BCUT2D eigenvalue weighted by Gasteiger charge is 2.18. The van der Waals surface area contributed by atoms with Gasteiger partial charge in [0.15, 0.2) is 6.10 Å². The number of esters is 1. The number of methoxy groups -OCH3 is 2. The third kappa shape index (κ3) is 4.13. The van der Waals surface area contributed by atoms with E-state index >= 15 is 0 Å². The van der Waals surface area contributed by atoms with E-state index in [1.165, 1.54) is 14.2 Å². The Morgan fingerprint density at radius 2 is 1.87 bits per heavy atom. The van der Waals surface area contributed by atoms with E-state index in [1.807, 2.05) is 30.3 Å². The summed E-state index contributed by atoms with van der Waals surface area (Å²) in [6, 6.07) is 9.70. The highest BCUT2D eigenvalue weighted by Crippen LogP contribution is 2.06. The Bertz CT molecular complexity index is 282. The van der Waals surface area contributed by atoms with Gasteiger partial charge in [-0.15, -0.1) is 0 Å².